The van der Waals surface area contributed by atoms with Crippen LogP contribution in [-0.2, 0) is 0 Å². The Morgan fingerprint density at radius 2 is 2.00 bits per heavy atom. The number of anilines is 1. The largest absolute Gasteiger partial charge is 1.00 e. The zero-order chi connectivity index (χ0) is 17.6. The zero-order valence-electron chi connectivity index (χ0n) is 16.5. The standard InChI is InChI=1S/C21H21N4.CH3.K/c1-4-5-6-15(2)13-23-21-18-11-17(8-10-20(18)24-14-25-21)19-9-7-16(3)12-22-19;;/h4-12,14H,2,13H2,1,3H3,(H,23,24,25);1H3;/q2*-1;+1/b6-5-;;. The Morgan fingerprint density at radius 1 is 1.19 bits per heavy atom. The van der Waals surface area contributed by atoms with Crippen molar-refractivity contribution < 1.29 is 51.4 Å². The van der Waals surface area contributed by atoms with E-state index in [0.717, 1.165) is 39.1 Å². The molecule has 0 amide bonds. The van der Waals surface area contributed by atoms with Gasteiger partial charge in [-0.15, -0.1) is 19.1 Å². The van der Waals surface area contributed by atoms with Crippen LogP contribution in [0, 0.1) is 20.8 Å². The number of aryl methyl sites for hydroxylation is 1. The molecular weight excluding hydrogens is 359 g/mol. The molecule has 0 aliphatic carbocycles. The molecule has 0 saturated carbocycles. The molecule has 0 unspecified atom stereocenters. The van der Waals surface area contributed by atoms with Crippen molar-refractivity contribution in [1.82, 2.24) is 15.0 Å². The maximum atomic E-state index is 4.51. The van der Waals surface area contributed by atoms with Gasteiger partial charge in [0.05, 0.1) is 11.2 Å². The Morgan fingerprint density at radius 3 is 2.70 bits per heavy atom. The molecule has 2 heterocycles. The molecule has 0 aliphatic heterocycles. The maximum Gasteiger partial charge on any atom is 1.00 e. The summed E-state index contributed by atoms with van der Waals surface area (Å²) in [6.45, 7) is 8.68. The topological polar surface area (TPSA) is 50.7 Å². The molecule has 3 aromatic rings. The van der Waals surface area contributed by atoms with Gasteiger partial charge in [0.2, 0.25) is 0 Å². The first-order valence-corrected chi connectivity index (χ1v) is 8.23. The molecule has 5 heteroatoms. The fourth-order valence-corrected chi connectivity index (χ4v) is 2.48. The van der Waals surface area contributed by atoms with E-state index in [-0.39, 0.29) is 58.8 Å². The number of benzene rings is 1. The third-order valence-corrected chi connectivity index (χ3v) is 3.85. The van der Waals surface area contributed by atoms with E-state index < -0.39 is 0 Å². The van der Waals surface area contributed by atoms with Gasteiger partial charge in [-0.2, -0.15) is 0 Å². The van der Waals surface area contributed by atoms with Gasteiger partial charge in [-0.05, 0) is 30.7 Å². The second-order valence-corrected chi connectivity index (χ2v) is 5.88. The number of nitrogens with one attached hydrogen (secondary N) is 1. The Hall–Kier alpha value is -1.50. The first kappa shape index (κ1) is 23.5. The van der Waals surface area contributed by atoms with E-state index in [1.807, 2.05) is 56.8 Å². The molecular formula is C22H24KN4-. The molecule has 1 N–H and O–H groups in total. The normalized spacial score (nSPS) is 10.1. The number of hydrogen-bond donors (Lipinski definition) is 1. The van der Waals surface area contributed by atoms with Crippen LogP contribution in [0.4, 0.5) is 5.82 Å². The molecule has 27 heavy (non-hydrogen) atoms. The third kappa shape index (κ3) is 6.26. The van der Waals surface area contributed by atoms with E-state index >= 15 is 0 Å². The monoisotopic (exact) mass is 383 g/mol. The molecule has 0 spiro atoms. The van der Waals surface area contributed by atoms with E-state index in [9.17, 15) is 0 Å². The smallest absolute Gasteiger partial charge is 0.367 e. The summed E-state index contributed by atoms with van der Waals surface area (Å²) >= 11 is 0. The fraction of sp³-hybridized carbons (Fsp3) is 0.136. The van der Waals surface area contributed by atoms with Crippen molar-refractivity contribution in [3.63, 3.8) is 0 Å². The van der Waals surface area contributed by atoms with Crippen molar-refractivity contribution in [3.8, 4) is 11.3 Å². The van der Waals surface area contributed by atoms with Crippen LogP contribution in [0.2, 0.25) is 0 Å². The molecule has 4 nitrogen and oxygen atoms in total. The van der Waals surface area contributed by atoms with E-state index in [1.54, 1.807) is 6.33 Å². The summed E-state index contributed by atoms with van der Waals surface area (Å²) in [5.74, 6) is 0.800. The number of aromatic nitrogens is 3. The summed E-state index contributed by atoms with van der Waals surface area (Å²) in [4.78, 5) is 13.3. The zero-order valence-corrected chi connectivity index (χ0v) is 19.7. The van der Waals surface area contributed by atoms with Crippen LogP contribution in [0.1, 0.15) is 12.5 Å². The summed E-state index contributed by atoms with van der Waals surface area (Å²) in [6, 6.07) is 10.2. The van der Waals surface area contributed by atoms with Gasteiger partial charge in [-0.3, -0.25) is 4.98 Å². The third-order valence-electron chi connectivity index (χ3n) is 3.85. The van der Waals surface area contributed by atoms with Crippen LogP contribution in [0.25, 0.3) is 22.2 Å². The SMILES string of the molecule is C=C(/C=C\[CH-]C)CNc1ncnc2ccc(-c3ccc(C)cn3)cc12.[CH3-].[K+]. The number of allylic oxidation sites excluding steroid dienone is 1. The van der Waals surface area contributed by atoms with Crippen molar-refractivity contribution in [1.29, 1.82) is 0 Å². The Labute approximate surface area is 204 Å². The Bertz CT molecular complexity index is 917. The molecule has 3 rings (SSSR count). The maximum absolute atomic E-state index is 4.51. The first-order valence-electron chi connectivity index (χ1n) is 8.23. The van der Waals surface area contributed by atoms with E-state index in [2.05, 4.69) is 39.0 Å². The number of hydrogen-bond acceptors (Lipinski definition) is 4. The minimum atomic E-state index is 0. The summed E-state index contributed by atoms with van der Waals surface area (Å²) in [6.07, 6.45) is 9.39. The molecule has 0 atom stereocenters. The summed E-state index contributed by atoms with van der Waals surface area (Å²) in [7, 11) is 0. The van der Waals surface area contributed by atoms with Gasteiger partial charge in [0.15, 0.2) is 0 Å². The average molecular weight is 384 g/mol. The van der Waals surface area contributed by atoms with E-state index in [0.29, 0.717) is 6.54 Å². The predicted molar refractivity (Wildman–Crippen MR) is 111 cm³/mol. The van der Waals surface area contributed by atoms with Crippen LogP contribution in [0.5, 0.6) is 0 Å². The van der Waals surface area contributed by atoms with Crippen LogP contribution in [-0.4, -0.2) is 21.5 Å². The molecule has 1 aromatic carbocycles. The van der Waals surface area contributed by atoms with Gasteiger partial charge in [0, 0.05) is 23.7 Å². The average Bonchev–Trinajstić information content (AvgIpc) is 2.64. The number of pyridine rings is 1. The number of rotatable bonds is 6. The van der Waals surface area contributed by atoms with Crippen molar-refractivity contribution in [2.75, 3.05) is 11.9 Å². The molecule has 2 aromatic heterocycles. The van der Waals surface area contributed by atoms with Crippen LogP contribution >= 0.6 is 0 Å². The first-order chi connectivity index (χ1) is 12.2. The van der Waals surface area contributed by atoms with E-state index in [4.69, 9.17) is 0 Å². The van der Waals surface area contributed by atoms with Gasteiger partial charge < -0.3 is 12.7 Å². The van der Waals surface area contributed by atoms with Crippen molar-refractivity contribution in [3.05, 3.63) is 86.6 Å². The minimum Gasteiger partial charge on any atom is -0.367 e. The fourth-order valence-electron chi connectivity index (χ4n) is 2.48. The Kier molecular flexibility index (Phi) is 9.91. The Balaban J connectivity index is 0.00000182. The second-order valence-electron chi connectivity index (χ2n) is 5.88. The molecule has 0 fully saturated rings. The molecule has 0 aliphatic rings. The van der Waals surface area contributed by atoms with Crippen LogP contribution in [0.15, 0.2) is 67.2 Å². The van der Waals surface area contributed by atoms with Crippen molar-refractivity contribution in [2.24, 2.45) is 0 Å². The molecule has 0 radical (unpaired) electrons. The summed E-state index contributed by atoms with van der Waals surface area (Å²) in [5.41, 5.74) is 5.02. The summed E-state index contributed by atoms with van der Waals surface area (Å²) in [5, 5.41) is 4.32. The van der Waals surface area contributed by atoms with Gasteiger partial charge in [0.1, 0.15) is 12.1 Å². The number of nitrogens with zero attached hydrogens (tertiary/aromatic N) is 3. The van der Waals surface area contributed by atoms with Gasteiger partial charge in [0.25, 0.3) is 0 Å². The van der Waals surface area contributed by atoms with Crippen LogP contribution < -0.4 is 56.7 Å². The summed E-state index contributed by atoms with van der Waals surface area (Å²) < 4.78 is 0. The molecule has 0 bridgehead atoms. The van der Waals surface area contributed by atoms with E-state index in [1.165, 1.54) is 0 Å². The van der Waals surface area contributed by atoms with Crippen LogP contribution in [0.3, 0.4) is 0 Å². The van der Waals surface area contributed by atoms with Gasteiger partial charge >= 0.3 is 51.4 Å². The molecule has 0 saturated heterocycles. The molecule has 134 valence electrons. The van der Waals surface area contributed by atoms with Gasteiger partial charge in [-0.25, -0.2) is 28.5 Å². The quantitative estimate of drug-likeness (QED) is 0.403. The predicted octanol–water partition coefficient (Wildman–Crippen LogP) is 2.20. The van der Waals surface area contributed by atoms with Crippen molar-refractivity contribution in [2.45, 2.75) is 13.8 Å². The van der Waals surface area contributed by atoms with Gasteiger partial charge in [-0.1, -0.05) is 12.1 Å². The second kappa shape index (κ2) is 11.4. The van der Waals surface area contributed by atoms with Crippen molar-refractivity contribution >= 4 is 16.7 Å². The minimum absolute atomic E-state index is 0. The number of fused-ring (bicyclic) bond motifs is 1.